The maximum atomic E-state index is 12.7. The summed E-state index contributed by atoms with van der Waals surface area (Å²) in [5.74, 6) is -1.06. The van der Waals surface area contributed by atoms with Crippen LogP contribution in [-0.2, 0) is 6.42 Å². The summed E-state index contributed by atoms with van der Waals surface area (Å²) >= 11 is 7.33. The van der Waals surface area contributed by atoms with E-state index in [0.717, 1.165) is 17.0 Å². The monoisotopic (exact) mass is 399 g/mol. The molecular weight excluding hydrogens is 382 g/mol. The van der Waals surface area contributed by atoms with Crippen LogP contribution in [0, 0.1) is 6.92 Å². The number of nitrogens with zero attached hydrogens (tertiary/aromatic N) is 1. The van der Waals surface area contributed by atoms with E-state index >= 15 is 0 Å². The summed E-state index contributed by atoms with van der Waals surface area (Å²) < 4.78 is 0. The summed E-state index contributed by atoms with van der Waals surface area (Å²) in [5.41, 5.74) is 8.57. The Morgan fingerprint density at radius 2 is 1.89 bits per heavy atom. The van der Waals surface area contributed by atoms with Gasteiger partial charge in [-0.3, -0.25) is 9.59 Å². The number of hydrogen-bond donors (Lipinski definition) is 2. The molecule has 0 saturated carbocycles. The van der Waals surface area contributed by atoms with Crippen molar-refractivity contribution in [3.63, 3.8) is 0 Å². The third-order valence-electron chi connectivity index (χ3n) is 4.12. The number of aryl methyl sites for hydroxylation is 2. The Bertz CT molecular complexity index is 1010. The molecule has 1 heterocycles. The number of primary amides is 1. The van der Waals surface area contributed by atoms with Crippen molar-refractivity contribution in [2.24, 2.45) is 5.73 Å². The molecule has 2 amide bonds. The number of benzene rings is 2. The predicted octanol–water partition coefficient (Wildman–Crippen LogP) is 4.69. The van der Waals surface area contributed by atoms with Gasteiger partial charge in [0.05, 0.1) is 22.0 Å². The molecule has 3 rings (SSSR count). The van der Waals surface area contributed by atoms with Crippen molar-refractivity contribution >= 4 is 40.4 Å². The molecule has 0 radical (unpaired) electrons. The minimum atomic E-state index is -0.700. The van der Waals surface area contributed by atoms with Crippen molar-refractivity contribution in [3.05, 3.63) is 69.2 Å². The molecular formula is C20H18ClN3O2S. The van der Waals surface area contributed by atoms with E-state index in [1.165, 1.54) is 16.9 Å². The van der Waals surface area contributed by atoms with Gasteiger partial charge in [0.25, 0.3) is 11.8 Å². The van der Waals surface area contributed by atoms with Gasteiger partial charge in [0.2, 0.25) is 0 Å². The van der Waals surface area contributed by atoms with Gasteiger partial charge in [-0.25, -0.2) is 4.98 Å². The molecule has 0 spiro atoms. The second-order valence-corrected chi connectivity index (χ2v) is 7.37. The molecule has 0 aliphatic heterocycles. The Hall–Kier alpha value is -2.70. The molecule has 7 heteroatoms. The second-order valence-electron chi connectivity index (χ2n) is 5.96. The third-order valence-corrected chi connectivity index (χ3v) is 5.64. The summed E-state index contributed by atoms with van der Waals surface area (Å²) in [6, 6.07) is 12.9. The molecule has 3 aromatic rings. The quantitative estimate of drug-likeness (QED) is 0.652. The van der Waals surface area contributed by atoms with Crippen molar-refractivity contribution < 1.29 is 9.59 Å². The highest BCUT2D eigenvalue weighted by atomic mass is 35.5. The Morgan fingerprint density at radius 3 is 2.52 bits per heavy atom. The summed E-state index contributed by atoms with van der Waals surface area (Å²) in [4.78, 5) is 29.4. The van der Waals surface area contributed by atoms with Crippen molar-refractivity contribution in [1.29, 1.82) is 0 Å². The molecule has 2 aromatic carbocycles. The van der Waals surface area contributed by atoms with Gasteiger partial charge >= 0.3 is 0 Å². The molecule has 0 fully saturated rings. The van der Waals surface area contributed by atoms with Gasteiger partial charge in [0, 0.05) is 5.56 Å². The van der Waals surface area contributed by atoms with Crippen LogP contribution < -0.4 is 11.1 Å². The SMILES string of the molecule is CCc1ccc(-c2nc(C)c(C(=O)Nc3cccc(Cl)c3C(N)=O)s2)cc1. The fourth-order valence-corrected chi connectivity index (χ4v) is 3.91. The van der Waals surface area contributed by atoms with E-state index in [9.17, 15) is 9.59 Å². The average Bonchev–Trinajstić information content (AvgIpc) is 3.03. The Labute approximate surface area is 166 Å². The van der Waals surface area contributed by atoms with Crippen LogP contribution in [0.4, 0.5) is 5.69 Å². The van der Waals surface area contributed by atoms with Gasteiger partial charge in [0.15, 0.2) is 0 Å². The molecule has 0 bridgehead atoms. The highest BCUT2D eigenvalue weighted by Crippen LogP contribution is 2.30. The van der Waals surface area contributed by atoms with Crippen LogP contribution in [0.15, 0.2) is 42.5 Å². The number of aromatic nitrogens is 1. The van der Waals surface area contributed by atoms with Crippen molar-refractivity contribution in [2.45, 2.75) is 20.3 Å². The third kappa shape index (κ3) is 4.02. The number of amides is 2. The molecule has 138 valence electrons. The van der Waals surface area contributed by atoms with Crippen LogP contribution in [0.5, 0.6) is 0 Å². The topological polar surface area (TPSA) is 85.1 Å². The second kappa shape index (κ2) is 7.90. The average molecular weight is 400 g/mol. The van der Waals surface area contributed by atoms with Gasteiger partial charge in [-0.05, 0) is 31.0 Å². The zero-order valence-electron chi connectivity index (χ0n) is 14.9. The fourth-order valence-electron chi connectivity index (χ4n) is 2.67. The largest absolute Gasteiger partial charge is 0.365 e. The molecule has 0 atom stereocenters. The van der Waals surface area contributed by atoms with E-state index in [0.29, 0.717) is 10.6 Å². The first-order chi connectivity index (χ1) is 12.9. The van der Waals surface area contributed by atoms with E-state index in [1.807, 2.05) is 12.1 Å². The lowest BCUT2D eigenvalue weighted by molar-refractivity contribution is 0.100. The molecule has 0 unspecified atom stereocenters. The lowest BCUT2D eigenvalue weighted by atomic mass is 10.1. The molecule has 0 aliphatic carbocycles. The molecule has 0 aliphatic rings. The van der Waals surface area contributed by atoms with E-state index in [1.54, 1.807) is 25.1 Å². The summed E-state index contributed by atoms with van der Waals surface area (Å²) in [5, 5.41) is 3.68. The Morgan fingerprint density at radius 1 is 1.19 bits per heavy atom. The summed E-state index contributed by atoms with van der Waals surface area (Å²) in [6.45, 7) is 3.88. The highest BCUT2D eigenvalue weighted by Gasteiger charge is 2.19. The molecule has 5 nitrogen and oxygen atoms in total. The minimum Gasteiger partial charge on any atom is -0.365 e. The lowest BCUT2D eigenvalue weighted by Gasteiger charge is -2.09. The predicted molar refractivity (Wildman–Crippen MR) is 110 cm³/mol. The van der Waals surface area contributed by atoms with Gasteiger partial charge in [-0.15, -0.1) is 11.3 Å². The van der Waals surface area contributed by atoms with Gasteiger partial charge in [0.1, 0.15) is 9.88 Å². The van der Waals surface area contributed by atoms with Gasteiger partial charge < -0.3 is 11.1 Å². The molecule has 3 N–H and O–H groups in total. The first kappa shape index (κ1) is 19.1. The van der Waals surface area contributed by atoms with Crippen LogP contribution >= 0.6 is 22.9 Å². The maximum absolute atomic E-state index is 12.7. The number of carbonyl (C=O) groups excluding carboxylic acids is 2. The lowest BCUT2D eigenvalue weighted by Crippen LogP contribution is -2.18. The van der Waals surface area contributed by atoms with E-state index in [-0.39, 0.29) is 22.2 Å². The first-order valence-electron chi connectivity index (χ1n) is 8.37. The standard InChI is InChI=1S/C20H18ClN3O2S/c1-3-12-7-9-13(10-8-12)20-23-11(2)17(27-20)19(26)24-15-6-4-5-14(21)16(15)18(22)25/h4-10H,3H2,1-2H3,(H2,22,25)(H,24,26). The molecule has 1 aromatic heterocycles. The number of rotatable bonds is 5. The van der Waals surface area contributed by atoms with E-state index in [4.69, 9.17) is 17.3 Å². The molecule has 27 heavy (non-hydrogen) atoms. The van der Waals surface area contributed by atoms with Crippen molar-refractivity contribution in [3.8, 4) is 10.6 Å². The van der Waals surface area contributed by atoms with Crippen LogP contribution in [0.3, 0.4) is 0 Å². The number of hydrogen-bond acceptors (Lipinski definition) is 4. The van der Waals surface area contributed by atoms with Crippen molar-refractivity contribution in [1.82, 2.24) is 4.98 Å². The van der Waals surface area contributed by atoms with Crippen LogP contribution in [-0.4, -0.2) is 16.8 Å². The summed E-state index contributed by atoms with van der Waals surface area (Å²) in [6.07, 6.45) is 0.965. The number of halogens is 1. The number of anilines is 1. The van der Waals surface area contributed by atoms with E-state index in [2.05, 4.69) is 29.4 Å². The number of nitrogens with two attached hydrogens (primary N) is 1. The minimum absolute atomic E-state index is 0.0880. The van der Waals surface area contributed by atoms with Gasteiger partial charge in [-0.1, -0.05) is 48.9 Å². The zero-order valence-corrected chi connectivity index (χ0v) is 16.4. The molecule has 0 saturated heterocycles. The first-order valence-corrected chi connectivity index (χ1v) is 9.56. The van der Waals surface area contributed by atoms with Crippen LogP contribution in [0.2, 0.25) is 5.02 Å². The Kier molecular flexibility index (Phi) is 5.58. The summed E-state index contributed by atoms with van der Waals surface area (Å²) in [7, 11) is 0. The normalized spacial score (nSPS) is 10.6. The number of nitrogens with one attached hydrogen (secondary N) is 1. The van der Waals surface area contributed by atoms with E-state index < -0.39 is 5.91 Å². The zero-order chi connectivity index (χ0) is 19.6. The Balaban J connectivity index is 1.89. The highest BCUT2D eigenvalue weighted by molar-refractivity contribution is 7.17. The fraction of sp³-hybridized carbons (Fsp3) is 0.150. The number of carbonyl (C=O) groups is 2. The van der Waals surface area contributed by atoms with Crippen LogP contribution in [0.1, 0.15) is 38.2 Å². The van der Waals surface area contributed by atoms with Crippen molar-refractivity contribution in [2.75, 3.05) is 5.32 Å². The maximum Gasteiger partial charge on any atom is 0.267 e. The van der Waals surface area contributed by atoms with Gasteiger partial charge in [-0.2, -0.15) is 0 Å². The smallest absolute Gasteiger partial charge is 0.267 e. The van der Waals surface area contributed by atoms with Crippen LogP contribution in [0.25, 0.3) is 10.6 Å². The number of thiazole rings is 1.